The summed E-state index contributed by atoms with van der Waals surface area (Å²) in [6.07, 6.45) is 15.8. The summed E-state index contributed by atoms with van der Waals surface area (Å²) in [5, 5.41) is 14.1. The first-order valence-corrected chi connectivity index (χ1v) is 16.4. The van der Waals surface area contributed by atoms with E-state index in [-0.39, 0.29) is 11.9 Å². The number of allylic oxidation sites excluding steroid dienone is 1. The Kier molecular flexibility index (Phi) is 8.47. The van der Waals surface area contributed by atoms with Gasteiger partial charge in [0.15, 0.2) is 11.5 Å². The summed E-state index contributed by atoms with van der Waals surface area (Å²) in [6.45, 7) is -1.70. The number of nitrogens with two attached hydrogens (primary N) is 1. The van der Waals surface area contributed by atoms with Crippen molar-refractivity contribution >= 4 is 10.0 Å². The molecular formula is C30H36F2N10O2S. The van der Waals surface area contributed by atoms with E-state index in [9.17, 15) is 17.2 Å². The highest BCUT2D eigenvalue weighted by Gasteiger charge is 2.38. The average molecular weight is 639 g/mol. The van der Waals surface area contributed by atoms with E-state index in [1.807, 2.05) is 6.08 Å². The van der Waals surface area contributed by atoms with E-state index in [0.29, 0.717) is 51.5 Å². The lowest BCUT2D eigenvalue weighted by Crippen LogP contribution is -2.50. The number of aromatic nitrogens is 6. The topological polar surface area (TPSA) is 149 Å². The van der Waals surface area contributed by atoms with Gasteiger partial charge in [0.2, 0.25) is 0 Å². The van der Waals surface area contributed by atoms with E-state index >= 15 is 0 Å². The molecule has 6 rings (SSSR count). The molecule has 45 heavy (non-hydrogen) atoms. The van der Waals surface area contributed by atoms with Crippen LogP contribution in [0.3, 0.4) is 0 Å². The van der Waals surface area contributed by atoms with Crippen LogP contribution < -0.4 is 16.4 Å². The summed E-state index contributed by atoms with van der Waals surface area (Å²) >= 11 is 0. The van der Waals surface area contributed by atoms with Crippen molar-refractivity contribution in [3.05, 3.63) is 71.9 Å². The summed E-state index contributed by atoms with van der Waals surface area (Å²) in [5.41, 5.74) is 8.19. The fraction of sp³-hybridized carbons (Fsp3) is 0.467. The summed E-state index contributed by atoms with van der Waals surface area (Å²) < 4.78 is 52.8. The molecule has 2 fully saturated rings. The van der Waals surface area contributed by atoms with E-state index in [2.05, 4.69) is 61.6 Å². The van der Waals surface area contributed by atoms with Gasteiger partial charge in [-0.1, -0.05) is 11.8 Å². The molecule has 1 aliphatic heterocycles. The number of hydrogen-bond acceptors (Lipinski definition) is 10. The number of rotatable bonds is 9. The SMILES string of the molecule is CN(C)CC1CCC(NC2=CC(N)(c3ccnc(-c4cnn(S(=O)(=O)C5CC5)c4)n3)NC=C2C#Cc2cnn(C(F)F)c2)CC1. The molecule has 0 saturated heterocycles. The maximum absolute atomic E-state index is 13.0. The molecule has 238 valence electrons. The van der Waals surface area contributed by atoms with Gasteiger partial charge in [-0.25, -0.2) is 23.1 Å². The molecule has 4 heterocycles. The fourth-order valence-electron chi connectivity index (χ4n) is 5.67. The van der Waals surface area contributed by atoms with Crippen LogP contribution in [0.5, 0.6) is 0 Å². The molecule has 12 nitrogen and oxygen atoms in total. The van der Waals surface area contributed by atoms with Gasteiger partial charge < -0.3 is 21.3 Å². The Hall–Kier alpha value is -4.13. The quantitative estimate of drug-likeness (QED) is 0.299. The van der Waals surface area contributed by atoms with Crippen molar-refractivity contribution in [2.45, 2.75) is 62.0 Å². The van der Waals surface area contributed by atoms with E-state index in [1.54, 1.807) is 18.5 Å². The van der Waals surface area contributed by atoms with Crippen molar-refractivity contribution in [2.75, 3.05) is 20.6 Å². The lowest BCUT2D eigenvalue weighted by molar-refractivity contribution is 0.0566. The fourth-order valence-corrected chi connectivity index (χ4v) is 7.14. The second-order valence-electron chi connectivity index (χ2n) is 12.1. The zero-order valence-corrected chi connectivity index (χ0v) is 25.9. The highest BCUT2D eigenvalue weighted by molar-refractivity contribution is 7.90. The van der Waals surface area contributed by atoms with Gasteiger partial charge in [-0.15, -0.1) is 0 Å². The molecule has 2 aliphatic carbocycles. The van der Waals surface area contributed by atoms with Crippen LogP contribution in [0.4, 0.5) is 8.78 Å². The van der Waals surface area contributed by atoms with Gasteiger partial charge in [-0.2, -0.15) is 23.1 Å². The number of nitrogens with one attached hydrogen (secondary N) is 2. The van der Waals surface area contributed by atoms with Crippen LogP contribution in [0.15, 0.2) is 60.6 Å². The van der Waals surface area contributed by atoms with Gasteiger partial charge in [0, 0.05) is 31.2 Å². The predicted molar refractivity (Wildman–Crippen MR) is 164 cm³/mol. The normalized spacial score (nSPS) is 23.6. The van der Waals surface area contributed by atoms with Crippen molar-refractivity contribution < 1.29 is 17.2 Å². The molecule has 1 unspecified atom stereocenters. The van der Waals surface area contributed by atoms with Crippen molar-refractivity contribution in [1.29, 1.82) is 0 Å². The van der Waals surface area contributed by atoms with E-state index in [4.69, 9.17) is 5.73 Å². The van der Waals surface area contributed by atoms with Crippen LogP contribution in [0.1, 0.15) is 56.3 Å². The van der Waals surface area contributed by atoms with Crippen LogP contribution in [-0.2, 0) is 15.7 Å². The molecule has 0 radical (unpaired) electrons. The molecule has 3 aromatic rings. The Morgan fingerprint density at radius 1 is 1.13 bits per heavy atom. The number of halogens is 2. The minimum Gasteiger partial charge on any atom is -0.381 e. The van der Waals surface area contributed by atoms with Crippen LogP contribution in [0, 0.1) is 17.8 Å². The van der Waals surface area contributed by atoms with Gasteiger partial charge in [0.25, 0.3) is 10.0 Å². The van der Waals surface area contributed by atoms with Crippen molar-refractivity contribution in [3.8, 4) is 23.2 Å². The third-order valence-corrected chi connectivity index (χ3v) is 10.2. The highest BCUT2D eigenvalue weighted by atomic mass is 32.2. The van der Waals surface area contributed by atoms with Gasteiger partial charge >= 0.3 is 6.55 Å². The molecule has 1 atom stereocenters. The molecule has 3 aliphatic rings. The number of dihydropyridines is 1. The van der Waals surface area contributed by atoms with Gasteiger partial charge in [0.1, 0.15) is 0 Å². The Labute approximate surface area is 260 Å². The van der Waals surface area contributed by atoms with Crippen LogP contribution >= 0.6 is 0 Å². The largest absolute Gasteiger partial charge is 0.381 e. The van der Waals surface area contributed by atoms with E-state index in [1.165, 1.54) is 24.8 Å². The molecule has 0 bridgehead atoms. The Bertz CT molecular complexity index is 1780. The zero-order valence-electron chi connectivity index (χ0n) is 25.1. The minimum atomic E-state index is -3.53. The molecule has 0 spiro atoms. The second kappa shape index (κ2) is 12.3. The Morgan fingerprint density at radius 2 is 1.91 bits per heavy atom. The molecule has 4 N–H and O–H groups in total. The Morgan fingerprint density at radius 3 is 2.60 bits per heavy atom. The van der Waals surface area contributed by atoms with Crippen LogP contribution in [0.2, 0.25) is 0 Å². The van der Waals surface area contributed by atoms with Crippen LogP contribution in [-0.4, -0.2) is 74.2 Å². The third kappa shape index (κ3) is 6.92. The molecule has 3 aromatic heterocycles. The summed E-state index contributed by atoms with van der Waals surface area (Å²) in [5.74, 6) is 6.92. The third-order valence-electron chi connectivity index (χ3n) is 8.19. The van der Waals surface area contributed by atoms with Crippen molar-refractivity contribution in [1.82, 2.24) is 44.5 Å². The predicted octanol–water partition coefficient (Wildman–Crippen LogP) is 2.52. The molecule has 0 amide bonds. The van der Waals surface area contributed by atoms with Crippen molar-refractivity contribution in [3.63, 3.8) is 0 Å². The maximum Gasteiger partial charge on any atom is 0.333 e. The number of nitrogens with zero attached hydrogens (tertiary/aromatic N) is 7. The maximum atomic E-state index is 13.0. The lowest BCUT2D eigenvalue weighted by Gasteiger charge is -2.35. The summed E-state index contributed by atoms with van der Waals surface area (Å²) in [4.78, 5) is 11.2. The molecular weight excluding hydrogens is 602 g/mol. The zero-order chi connectivity index (χ0) is 31.8. The first-order chi connectivity index (χ1) is 21.5. The summed E-state index contributed by atoms with van der Waals surface area (Å²) in [7, 11) is 0.648. The van der Waals surface area contributed by atoms with Crippen molar-refractivity contribution in [2.24, 2.45) is 11.7 Å². The number of alkyl halides is 2. The smallest absolute Gasteiger partial charge is 0.333 e. The van der Waals surface area contributed by atoms with Gasteiger partial charge in [0.05, 0.1) is 51.9 Å². The second-order valence-corrected chi connectivity index (χ2v) is 14.2. The number of hydrogen-bond donors (Lipinski definition) is 3. The van der Waals surface area contributed by atoms with E-state index in [0.717, 1.165) is 36.3 Å². The Balaban J connectivity index is 1.27. The van der Waals surface area contributed by atoms with Crippen LogP contribution in [0.25, 0.3) is 11.4 Å². The van der Waals surface area contributed by atoms with E-state index < -0.39 is 27.5 Å². The molecule has 0 aromatic carbocycles. The standard InChI is InChI=1S/C30H36F2N10O2S/c1-40(2)17-20-4-7-24(8-5-20)38-26-13-30(33,35-15-22(26)6-3-21-14-36-41(18-21)29(31)32)27-11-12-34-28(39-27)23-16-37-42(19-23)45(43,44)25-9-10-25/h11-16,18-20,24-25,29,35,38H,4-5,7-10,17,33H2,1-2H3. The van der Waals surface area contributed by atoms with Gasteiger partial charge in [-0.05, 0) is 70.7 Å². The monoisotopic (exact) mass is 638 g/mol. The summed E-state index contributed by atoms with van der Waals surface area (Å²) in [6, 6.07) is 1.88. The highest BCUT2D eigenvalue weighted by Crippen LogP contribution is 2.31. The first kappa shape index (κ1) is 30.9. The van der Waals surface area contributed by atoms with Gasteiger partial charge in [-0.3, -0.25) is 0 Å². The minimum absolute atomic E-state index is 0.198. The molecule has 2 saturated carbocycles. The average Bonchev–Trinajstić information content (AvgIpc) is 3.56. The first-order valence-electron chi connectivity index (χ1n) is 14.9. The molecule has 15 heteroatoms. The lowest BCUT2D eigenvalue weighted by atomic mass is 9.85.